The molecule has 1 aromatic heterocycles. The summed E-state index contributed by atoms with van der Waals surface area (Å²) in [7, 11) is 0. The first-order valence-corrected chi connectivity index (χ1v) is 5.01. The average Bonchev–Trinajstić information content (AvgIpc) is 2.69. The Hall–Kier alpha value is -1.34. The quantitative estimate of drug-likeness (QED) is 0.669. The van der Waals surface area contributed by atoms with E-state index >= 15 is 0 Å². The van der Waals surface area contributed by atoms with Crippen LogP contribution in [0.15, 0.2) is 41.8 Å². The van der Waals surface area contributed by atoms with Crippen LogP contribution in [0.2, 0.25) is 0 Å². The van der Waals surface area contributed by atoms with Gasteiger partial charge in [0, 0.05) is 5.38 Å². The van der Waals surface area contributed by atoms with Crippen LogP contribution in [-0.2, 0) is 0 Å². The highest BCUT2D eigenvalue weighted by Gasteiger charge is 1.86. The molecule has 0 aliphatic carbocycles. The maximum Gasteiger partial charge on any atom is 0.0448 e. The van der Waals surface area contributed by atoms with Gasteiger partial charge in [-0.2, -0.15) is 0 Å². The van der Waals surface area contributed by atoms with Crippen molar-refractivity contribution in [2.24, 2.45) is 0 Å². The lowest BCUT2D eigenvalue weighted by Crippen LogP contribution is -1.67. The van der Waals surface area contributed by atoms with Gasteiger partial charge in [0.2, 0.25) is 0 Å². The van der Waals surface area contributed by atoms with Gasteiger partial charge in [-0.3, -0.25) is 0 Å². The molecule has 0 atom stereocenters. The maximum atomic E-state index is 3.06. The summed E-state index contributed by atoms with van der Waals surface area (Å²) in [6, 6.07) is 12.3. The molecule has 0 aliphatic heterocycles. The van der Waals surface area contributed by atoms with Crippen molar-refractivity contribution in [1.82, 2.24) is 0 Å². The lowest BCUT2D eigenvalue weighted by molar-refractivity contribution is 1.66. The zero-order valence-electron chi connectivity index (χ0n) is 7.10. The smallest absolute Gasteiger partial charge is 0.0448 e. The first kappa shape index (κ1) is 8.27. The maximum absolute atomic E-state index is 3.06. The van der Waals surface area contributed by atoms with E-state index in [1.807, 2.05) is 24.3 Å². The van der Waals surface area contributed by atoms with Crippen molar-refractivity contribution in [3.8, 4) is 0 Å². The Morgan fingerprint density at radius 2 is 1.77 bits per heavy atom. The molecule has 0 amide bonds. The van der Waals surface area contributed by atoms with E-state index in [0.717, 1.165) is 0 Å². The molecule has 1 heteroatoms. The molecule has 0 saturated heterocycles. The second-order valence-electron chi connectivity index (χ2n) is 2.74. The zero-order valence-corrected chi connectivity index (χ0v) is 7.92. The molecule has 63 valence electrons. The molecule has 1 aromatic carbocycles. The van der Waals surface area contributed by atoms with Gasteiger partial charge < -0.3 is 0 Å². The highest BCUT2D eigenvalue weighted by Crippen LogP contribution is 2.10. The summed E-state index contributed by atoms with van der Waals surface area (Å²) in [6.07, 6.45) is 4.21. The SMILES string of the molecule is [c]1cc(C=Cc2ccccc2)cs1. The van der Waals surface area contributed by atoms with Crippen molar-refractivity contribution in [2.45, 2.75) is 0 Å². The predicted octanol–water partition coefficient (Wildman–Crippen LogP) is 3.72. The molecule has 0 spiro atoms. The highest BCUT2D eigenvalue weighted by atomic mass is 32.1. The van der Waals surface area contributed by atoms with Gasteiger partial charge in [-0.25, -0.2) is 0 Å². The number of rotatable bonds is 2. The Morgan fingerprint density at radius 3 is 2.46 bits per heavy atom. The van der Waals surface area contributed by atoms with E-state index in [9.17, 15) is 0 Å². The van der Waals surface area contributed by atoms with Crippen molar-refractivity contribution >= 4 is 23.5 Å². The standard InChI is InChI=1S/C12H9S/c1-2-4-11(5-3-1)6-7-12-8-9-13-10-12/h1-8,10H. The lowest BCUT2D eigenvalue weighted by atomic mass is 10.2. The van der Waals surface area contributed by atoms with Gasteiger partial charge >= 0.3 is 0 Å². The molecule has 0 bridgehead atoms. The zero-order chi connectivity index (χ0) is 8.93. The van der Waals surface area contributed by atoms with Gasteiger partial charge in [0.05, 0.1) is 0 Å². The van der Waals surface area contributed by atoms with Crippen LogP contribution in [0.3, 0.4) is 0 Å². The van der Waals surface area contributed by atoms with Crippen molar-refractivity contribution in [3.05, 3.63) is 58.3 Å². The van der Waals surface area contributed by atoms with Crippen LogP contribution in [0, 0.1) is 5.38 Å². The molecule has 1 heterocycles. The number of thiophene rings is 1. The largest absolute Gasteiger partial charge is 0.142 e. The van der Waals surface area contributed by atoms with Crippen molar-refractivity contribution < 1.29 is 0 Å². The fourth-order valence-corrected chi connectivity index (χ4v) is 1.64. The van der Waals surface area contributed by atoms with Gasteiger partial charge in [0.25, 0.3) is 0 Å². The van der Waals surface area contributed by atoms with Crippen molar-refractivity contribution in [3.63, 3.8) is 0 Å². The summed E-state index contributed by atoms with van der Waals surface area (Å²) in [5, 5.41) is 5.14. The average molecular weight is 185 g/mol. The number of hydrogen-bond donors (Lipinski definition) is 0. The predicted molar refractivity (Wildman–Crippen MR) is 58.5 cm³/mol. The third-order valence-corrected chi connectivity index (χ3v) is 2.40. The van der Waals surface area contributed by atoms with E-state index < -0.39 is 0 Å². The Kier molecular flexibility index (Phi) is 2.58. The first-order chi connectivity index (χ1) is 6.45. The third-order valence-electron chi connectivity index (χ3n) is 1.76. The van der Waals surface area contributed by atoms with Crippen molar-refractivity contribution in [1.29, 1.82) is 0 Å². The van der Waals surface area contributed by atoms with Crippen LogP contribution in [0.1, 0.15) is 11.1 Å². The van der Waals surface area contributed by atoms with E-state index in [4.69, 9.17) is 0 Å². The molecule has 0 nitrogen and oxygen atoms in total. The van der Waals surface area contributed by atoms with Crippen LogP contribution < -0.4 is 0 Å². The van der Waals surface area contributed by atoms with Gasteiger partial charge in [0.1, 0.15) is 0 Å². The topological polar surface area (TPSA) is 0 Å². The fraction of sp³-hybridized carbons (Fsp3) is 0. The summed E-state index contributed by atoms with van der Waals surface area (Å²) in [4.78, 5) is 0. The third kappa shape index (κ3) is 2.30. The normalized spacial score (nSPS) is 10.8. The van der Waals surface area contributed by atoms with Gasteiger partial charge in [-0.15, -0.1) is 11.3 Å². The van der Waals surface area contributed by atoms with Crippen LogP contribution in [0.4, 0.5) is 0 Å². The summed E-state index contributed by atoms with van der Waals surface area (Å²) < 4.78 is 0. The van der Waals surface area contributed by atoms with Crippen LogP contribution in [0.5, 0.6) is 0 Å². The molecular weight excluding hydrogens is 176 g/mol. The van der Waals surface area contributed by atoms with E-state index in [1.54, 1.807) is 11.3 Å². The summed E-state index contributed by atoms with van der Waals surface area (Å²) in [5.74, 6) is 0. The molecule has 0 saturated carbocycles. The van der Waals surface area contributed by atoms with Gasteiger partial charge in [0.15, 0.2) is 0 Å². The minimum atomic E-state index is 1.22. The molecule has 0 unspecified atom stereocenters. The van der Waals surface area contributed by atoms with E-state index in [0.29, 0.717) is 0 Å². The Morgan fingerprint density at radius 1 is 1.00 bits per heavy atom. The molecule has 1 radical (unpaired) electrons. The van der Waals surface area contributed by atoms with E-state index in [2.05, 4.69) is 35.0 Å². The van der Waals surface area contributed by atoms with Gasteiger partial charge in [-0.05, 0) is 22.6 Å². The summed E-state index contributed by atoms with van der Waals surface area (Å²) in [6.45, 7) is 0. The second kappa shape index (κ2) is 4.06. The second-order valence-corrected chi connectivity index (χ2v) is 3.45. The highest BCUT2D eigenvalue weighted by molar-refractivity contribution is 7.07. The molecule has 0 fully saturated rings. The van der Waals surface area contributed by atoms with Gasteiger partial charge in [-0.1, -0.05) is 42.5 Å². The first-order valence-electron chi connectivity index (χ1n) is 4.13. The Bertz CT molecular complexity index is 371. The number of hydrogen-bond acceptors (Lipinski definition) is 1. The van der Waals surface area contributed by atoms with Crippen molar-refractivity contribution in [2.75, 3.05) is 0 Å². The molecule has 0 aliphatic rings. The molecule has 0 N–H and O–H groups in total. The molecule has 2 rings (SSSR count). The monoisotopic (exact) mass is 185 g/mol. The minimum absolute atomic E-state index is 1.22. The lowest BCUT2D eigenvalue weighted by Gasteiger charge is -1.89. The van der Waals surface area contributed by atoms with Crippen LogP contribution in [-0.4, -0.2) is 0 Å². The van der Waals surface area contributed by atoms with E-state index in [1.165, 1.54) is 11.1 Å². The Labute approximate surface area is 82.2 Å². The van der Waals surface area contributed by atoms with Crippen LogP contribution in [0.25, 0.3) is 12.2 Å². The molecule has 13 heavy (non-hydrogen) atoms. The summed E-state index contributed by atoms with van der Waals surface area (Å²) >= 11 is 1.60. The number of benzene rings is 1. The molecule has 2 aromatic rings. The fourth-order valence-electron chi connectivity index (χ4n) is 1.08. The minimum Gasteiger partial charge on any atom is -0.142 e. The van der Waals surface area contributed by atoms with E-state index in [-0.39, 0.29) is 0 Å². The summed E-state index contributed by atoms with van der Waals surface area (Å²) in [5.41, 5.74) is 2.45. The van der Waals surface area contributed by atoms with Crippen LogP contribution >= 0.6 is 11.3 Å². The molecular formula is C12H9S. The Balaban J connectivity index is 2.15.